The fourth-order valence-electron chi connectivity index (χ4n) is 2.99. The van der Waals surface area contributed by atoms with Gasteiger partial charge in [0.2, 0.25) is 5.88 Å². The van der Waals surface area contributed by atoms with Gasteiger partial charge in [-0.25, -0.2) is 14.6 Å². The number of anilines is 1. The highest BCUT2D eigenvalue weighted by Gasteiger charge is 2.20. The number of hydrogen-bond donors (Lipinski definition) is 1. The van der Waals surface area contributed by atoms with E-state index in [2.05, 4.69) is 30.7 Å². The number of carbonyl (C=O) groups excluding carboxylic acids is 2. The summed E-state index contributed by atoms with van der Waals surface area (Å²) in [5.74, 6) is -0.468. The molecular weight excluding hydrogens is 675 g/mol. The number of rotatable bonds is 16. The lowest BCUT2D eigenvalue weighted by atomic mass is 10.1. The van der Waals surface area contributed by atoms with Crippen molar-refractivity contribution in [3.63, 3.8) is 0 Å². The van der Waals surface area contributed by atoms with Crippen molar-refractivity contribution >= 4 is 87.2 Å². The minimum atomic E-state index is -0.644. The van der Waals surface area contributed by atoms with Crippen molar-refractivity contribution in [2.45, 2.75) is 59.3 Å². The molecule has 0 spiro atoms. The summed E-state index contributed by atoms with van der Waals surface area (Å²) in [4.78, 5) is 31.0. The van der Waals surface area contributed by atoms with Crippen LogP contribution in [0.4, 0.5) is 5.69 Å². The van der Waals surface area contributed by atoms with Crippen LogP contribution in [0.25, 0.3) is 0 Å². The molecule has 0 amide bonds. The number of nitrogens with zero attached hydrogens (tertiary/aromatic N) is 2. The van der Waals surface area contributed by atoms with E-state index in [9.17, 15) is 9.59 Å². The number of hydrogen-bond acceptors (Lipinski definition) is 9. The topological polar surface area (TPSA) is 123 Å². The second-order valence-corrected chi connectivity index (χ2v) is 11.5. The van der Waals surface area contributed by atoms with Gasteiger partial charge in [0.25, 0.3) is 0 Å². The number of nitrogen functional groups attached to an aromatic ring is 1. The minimum Gasteiger partial charge on any atom is -0.465 e. The molecule has 0 fully saturated rings. The third kappa shape index (κ3) is 14.8. The first-order valence-corrected chi connectivity index (χ1v) is 15.5. The highest BCUT2D eigenvalue weighted by molar-refractivity contribution is 6.46. The van der Waals surface area contributed by atoms with Crippen LogP contribution < -0.4 is 10.5 Å². The van der Waals surface area contributed by atoms with Crippen LogP contribution in [0.2, 0.25) is 30.4 Å². The highest BCUT2D eigenvalue weighted by Crippen LogP contribution is 2.34. The first-order chi connectivity index (χ1) is 19.9. The molecule has 236 valence electrons. The van der Waals surface area contributed by atoms with Crippen molar-refractivity contribution in [1.29, 1.82) is 0 Å². The molecule has 15 heteroatoms. The van der Waals surface area contributed by atoms with Gasteiger partial charge >= 0.3 is 11.9 Å². The number of nitrogens with two attached hydrogens (primary N) is 1. The van der Waals surface area contributed by atoms with E-state index in [-0.39, 0.29) is 60.9 Å². The van der Waals surface area contributed by atoms with Crippen molar-refractivity contribution < 1.29 is 28.5 Å². The van der Waals surface area contributed by atoms with Gasteiger partial charge < -0.3 is 24.7 Å². The second-order valence-electron chi connectivity index (χ2n) is 9.20. The molecule has 0 unspecified atom stereocenters. The summed E-state index contributed by atoms with van der Waals surface area (Å²) < 4.78 is 20.4. The largest absolute Gasteiger partial charge is 0.465 e. The molecule has 2 aromatic rings. The Balaban J connectivity index is 0.000000420. The van der Waals surface area contributed by atoms with E-state index in [0.717, 1.165) is 32.1 Å². The number of esters is 2. The zero-order valence-corrected chi connectivity index (χ0v) is 28.2. The smallest absolute Gasteiger partial charge is 0.358 e. The predicted molar refractivity (Wildman–Crippen MR) is 169 cm³/mol. The lowest BCUT2D eigenvalue weighted by molar-refractivity contribution is -0.147. The van der Waals surface area contributed by atoms with Crippen LogP contribution >= 0.6 is 69.6 Å². The summed E-state index contributed by atoms with van der Waals surface area (Å²) in [5, 5.41) is 0.359. The Kier molecular flexibility index (Phi) is 19.5. The average Bonchev–Trinajstić information content (AvgIpc) is 2.94. The number of unbranched alkanes of at least 4 members (excludes halogenated alkanes) is 3. The Bertz CT molecular complexity index is 1160. The van der Waals surface area contributed by atoms with Gasteiger partial charge in [-0.1, -0.05) is 116 Å². The van der Waals surface area contributed by atoms with Crippen LogP contribution in [-0.4, -0.2) is 54.9 Å². The molecule has 42 heavy (non-hydrogen) atoms. The molecule has 0 saturated carbocycles. The number of aromatic nitrogens is 2. The van der Waals surface area contributed by atoms with E-state index >= 15 is 0 Å². The minimum absolute atomic E-state index is 0.0298. The molecule has 0 atom stereocenters. The third-order valence-electron chi connectivity index (χ3n) is 5.24. The van der Waals surface area contributed by atoms with Gasteiger partial charge in [-0.15, -0.1) is 0 Å². The lowest BCUT2D eigenvalue weighted by Gasteiger charge is -2.09. The fraction of sp³-hybridized carbons (Fsp3) is 0.556. The maximum atomic E-state index is 11.9. The van der Waals surface area contributed by atoms with E-state index in [4.69, 9.17) is 94.3 Å². The summed E-state index contributed by atoms with van der Waals surface area (Å²) in [6, 6.07) is 1.39. The Morgan fingerprint density at radius 1 is 0.833 bits per heavy atom. The molecular formula is C27H35Cl6N3O6. The fourth-order valence-corrected chi connectivity index (χ4v) is 4.12. The number of ether oxygens (including phenoxy) is 4. The maximum Gasteiger partial charge on any atom is 0.358 e. The lowest BCUT2D eigenvalue weighted by Crippen LogP contribution is -2.18. The zero-order chi connectivity index (χ0) is 31.7. The Morgan fingerprint density at radius 3 is 2.21 bits per heavy atom. The maximum absolute atomic E-state index is 11.9. The van der Waals surface area contributed by atoms with E-state index in [1.807, 2.05) is 0 Å². The van der Waals surface area contributed by atoms with E-state index < -0.39 is 11.9 Å². The summed E-state index contributed by atoms with van der Waals surface area (Å²) >= 11 is 34.8. The Labute approximate surface area is 276 Å². The average molecular weight is 710 g/mol. The van der Waals surface area contributed by atoms with Crippen molar-refractivity contribution in [3.8, 4) is 5.88 Å². The molecule has 0 bridgehead atoms. The van der Waals surface area contributed by atoms with Crippen molar-refractivity contribution in [3.05, 3.63) is 42.2 Å². The van der Waals surface area contributed by atoms with Crippen LogP contribution in [0.3, 0.4) is 0 Å². The highest BCUT2D eigenvalue weighted by atomic mass is 35.5. The van der Waals surface area contributed by atoms with Gasteiger partial charge in [-0.3, -0.25) is 0 Å². The molecule has 0 radical (unpaired) electrons. The van der Waals surface area contributed by atoms with Crippen LogP contribution in [0, 0.1) is 5.92 Å². The normalized spacial score (nSPS) is 10.7. The van der Waals surface area contributed by atoms with Gasteiger partial charge in [0.15, 0.2) is 22.6 Å². The molecule has 2 N–H and O–H groups in total. The van der Waals surface area contributed by atoms with Crippen LogP contribution in [0.1, 0.15) is 69.8 Å². The molecule has 0 saturated heterocycles. The molecule has 2 heterocycles. The van der Waals surface area contributed by atoms with Gasteiger partial charge in [0, 0.05) is 6.61 Å². The van der Waals surface area contributed by atoms with Gasteiger partial charge in [-0.2, -0.15) is 4.98 Å². The van der Waals surface area contributed by atoms with E-state index in [0.29, 0.717) is 25.7 Å². The van der Waals surface area contributed by atoms with E-state index in [1.54, 1.807) is 0 Å². The third-order valence-corrected chi connectivity index (χ3v) is 7.32. The summed E-state index contributed by atoms with van der Waals surface area (Å²) in [5.41, 5.74) is 5.57. The standard InChI is InChI=1S/C14H19Cl3N2O2.C13H16Cl3NO4/c1-8(2)6-4-3-5-7-21-14(20)12-9(15)11(18)10(16)13(17)19-12;1-2-3-4-19-5-6-20-11(18)8-21-13-10(15)7-9(14)12(16)17-13/h8H,3-7H2,1-2H3,(H2,18,19);7H,2-6,8H2,1H3. The summed E-state index contributed by atoms with van der Waals surface area (Å²) in [6.45, 7) is 7.63. The van der Waals surface area contributed by atoms with Crippen LogP contribution in [-0.2, 0) is 19.0 Å². The number of pyridine rings is 2. The molecule has 0 aliphatic rings. The van der Waals surface area contributed by atoms with Crippen molar-refractivity contribution in [1.82, 2.24) is 9.97 Å². The quantitative estimate of drug-likeness (QED) is 0.103. The molecule has 0 aromatic carbocycles. The summed E-state index contributed by atoms with van der Waals surface area (Å²) in [7, 11) is 0. The van der Waals surface area contributed by atoms with Crippen molar-refractivity contribution in [2.75, 3.05) is 38.8 Å². The van der Waals surface area contributed by atoms with Crippen LogP contribution in [0.15, 0.2) is 6.07 Å². The number of carbonyl (C=O) groups is 2. The Morgan fingerprint density at radius 2 is 1.55 bits per heavy atom. The predicted octanol–water partition coefficient (Wildman–Crippen LogP) is 8.78. The molecule has 2 aromatic heterocycles. The van der Waals surface area contributed by atoms with Crippen LogP contribution in [0.5, 0.6) is 5.88 Å². The monoisotopic (exact) mass is 707 g/mol. The first kappa shape index (κ1) is 38.6. The number of halogens is 6. The first-order valence-electron chi connectivity index (χ1n) is 13.2. The molecule has 2 rings (SSSR count). The van der Waals surface area contributed by atoms with E-state index in [1.165, 1.54) is 12.5 Å². The SMILES string of the molecule is CC(C)CCCCCOC(=O)c1nc(Cl)c(Cl)c(N)c1Cl.CCCCOCCOC(=O)COc1nc(Cl)c(Cl)cc1Cl. The van der Waals surface area contributed by atoms with Gasteiger partial charge in [0.05, 0.1) is 28.9 Å². The van der Waals surface area contributed by atoms with Gasteiger partial charge in [-0.05, 0) is 24.8 Å². The summed E-state index contributed by atoms with van der Waals surface area (Å²) in [6.07, 6.45) is 6.14. The van der Waals surface area contributed by atoms with Gasteiger partial charge in [0.1, 0.15) is 16.7 Å². The molecule has 0 aliphatic heterocycles. The second kappa shape index (κ2) is 21.3. The Hall–Kier alpha value is -1.46. The zero-order valence-electron chi connectivity index (χ0n) is 23.6. The molecule has 0 aliphatic carbocycles. The molecule has 9 nitrogen and oxygen atoms in total. The van der Waals surface area contributed by atoms with Crippen molar-refractivity contribution in [2.24, 2.45) is 5.92 Å².